The van der Waals surface area contributed by atoms with Gasteiger partial charge in [-0.1, -0.05) is 12.1 Å². The van der Waals surface area contributed by atoms with Gasteiger partial charge in [-0.2, -0.15) is 13.2 Å². The first-order chi connectivity index (χ1) is 9.88. The minimum Gasteiger partial charge on any atom is -0.388 e. The molecule has 114 valence electrons. The topological polar surface area (TPSA) is 20.2 Å². The Morgan fingerprint density at radius 2 is 1.95 bits per heavy atom. The predicted molar refractivity (Wildman–Crippen MR) is 73.6 cm³/mol. The molecular weight excluding hydrogens is 304 g/mol. The quantitative estimate of drug-likeness (QED) is 0.772. The van der Waals surface area contributed by atoms with Crippen molar-refractivity contribution in [2.24, 2.45) is 0 Å². The van der Waals surface area contributed by atoms with Crippen molar-refractivity contribution in [3.63, 3.8) is 0 Å². The van der Waals surface area contributed by atoms with Gasteiger partial charge in [0, 0.05) is 4.88 Å². The van der Waals surface area contributed by atoms with Crippen molar-refractivity contribution in [2.75, 3.05) is 0 Å². The largest absolute Gasteiger partial charge is 0.419 e. The van der Waals surface area contributed by atoms with Crippen LogP contribution in [0, 0.1) is 5.82 Å². The van der Waals surface area contributed by atoms with Crippen molar-refractivity contribution < 1.29 is 22.7 Å². The molecule has 0 spiro atoms. The van der Waals surface area contributed by atoms with Crippen molar-refractivity contribution in [3.8, 4) is 0 Å². The maximum Gasteiger partial charge on any atom is 0.419 e. The van der Waals surface area contributed by atoms with Gasteiger partial charge in [0.15, 0.2) is 0 Å². The van der Waals surface area contributed by atoms with Crippen LogP contribution >= 0.6 is 11.3 Å². The number of benzene rings is 1. The Morgan fingerprint density at radius 1 is 1.19 bits per heavy atom. The van der Waals surface area contributed by atoms with Gasteiger partial charge in [-0.3, -0.25) is 0 Å². The van der Waals surface area contributed by atoms with Crippen LogP contribution in [0.1, 0.15) is 34.9 Å². The van der Waals surface area contributed by atoms with E-state index in [2.05, 4.69) is 0 Å². The normalized spacial score (nSPS) is 13.4. The maximum atomic E-state index is 13.2. The Kier molecular flexibility index (Phi) is 5.00. The Balaban J connectivity index is 2.00. The van der Waals surface area contributed by atoms with Crippen molar-refractivity contribution in [1.29, 1.82) is 0 Å². The SMILES string of the molecule is OC(CCCc1cccs1)c1ccc(F)c(C(F)(F)F)c1. The summed E-state index contributed by atoms with van der Waals surface area (Å²) in [6.07, 6.45) is -4.02. The third-order valence-electron chi connectivity index (χ3n) is 3.16. The van der Waals surface area contributed by atoms with Crippen LogP contribution in [0.2, 0.25) is 0 Å². The molecule has 21 heavy (non-hydrogen) atoms. The zero-order valence-electron chi connectivity index (χ0n) is 11.0. The van der Waals surface area contributed by atoms with E-state index < -0.39 is 23.7 Å². The fourth-order valence-electron chi connectivity index (χ4n) is 2.06. The molecule has 1 N–H and O–H groups in total. The van der Waals surface area contributed by atoms with Gasteiger partial charge in [-0.05, 0) is 48.4 Å². The van der Waals surface area contributed by atoms with E-state index >= 15 is 0 Å². The summed E-state index contributed by atoms with van der Waals surface area (Å²) in [5.74, 6) is -1.32. The van der Waals surface area contributed by atoms with Crippen LogP contribution in [0.15, 0.2) is 35.7 Å². The standard InChI is InChI=1S/C15H14F4OS/c16-13-7-6-10(9-12(13)15(17,18)19)14(20)5-1-3-11-4-2-8-21-11/h2,4,6-9,14,20H,1,3,5H2. The molecule has 1 atom stereocenters. The van der Waals surface area contributed by atoms with Crippen LogP contribution in [0.4, 0.5) is 17.6 Å². The van der Waals surface area contributed by atoms with Crippen molar-refractivity contribution in [2.45, 2.75) is 31.5 Å². The summed E-state index contributed by atoms with van der Waals surface area (Å²) in [5, 5.41) is 11.9. The van der Waals surface area contributed by atoms with Crippen LogP contribution in [-0.2, 0) is 12.6 Å². The van der Waals surface area contributed by atoms with Crippen LogP contribution in [0.5, 0.6) is 0 Å². The molecule has 1 heterocycles. The van der Waals surface area contributed by atoms with Gasteiger partial charge < -0.3 is 5.11 Å². The first kappa shape index (κ1) is 16.0. The summed E-state index contributed by atoms with van der Waals surface area (Å²) in [6.45, 7) is 0. The molecule has 0 aliphatic rings. The van der Waals surface area contributed by atoms with Crippen LogP contribution in [0.25, 0.3) is 0 Å². The van der Waals surface area contributed by atoms with E-state index in [4.69, 9.17) is 0 Å². The molecule has 0 saturated carbocycles. The molecule has 0 fully saturated rings. The molecule has 0 bridgehead atoms. The molecule has 1 aromatic heterocycles. The molecule has 0 aliphatic carbocycles. The summed E-state index contributed by atoms with van der Waals surface area (Å²) in [5.41, 5.74) is -1.24. The number of aliphatic hydroxyl groups excluding tert-OH is 1. The fraction of sp³-hybridized carbons (Fsp3) is 0.333. The van der Waals surface area contributed by atoms with Gasteiger partial charge in [0.25, 0.3) is 0 Å². The number of thiophene rings is 1. The molecule has 2 aromatic rings. The van der Waals surface area contributed by atoms with E-state index in [9.17, 15) is 22.7 Å². The molecule has 0 saturated heterocycles. The van der Waals surface area contributed by atoms with E-state index in [1.54, 1.807) is 11.3 Å². The van der Waals surface area contributed by atoms with Gasteiger partial charge in [0.05, 0.1) is 11.7 Å². The Bertz CT molecular complexity index is 578. The third kappa shape index (κ3) is 4.28. The smallest absolute Gasteiger partial charge is 0.388 e. The molecule has 0 aliphatic heterocycles. The highest BCUT2D eigenvalue weighted by atomic mass is 32.1. The van der Waals surface area contributed by atoms with Crippen molar-refractivity contribution in [1.82, 2.24) is 0 Å². The van der Waals surface area contributed by atoms with Crippen LogP contribution in [-0.4, -0.2) is 5.11 Å². The second kappa shape index (κ2) is 6.58. The summed E-state index contributed by atoms with van der Waals surface area (Å²) in [7, 11) is 0. The number of alkyl halides is 3. The number of aliphatic hydroxyl groups is 1. The molecule has 1 nitrogen and oxygen atoms in total. The van der Waals surface area contributed by atoms with Crippen LogP contribution < -0.4 is 0 Å². The predicted octanol–water partition coefficient (Wildman–Crippen LogP) is 4.96. The van der Waals surface area contributed by atoms with Gasteiger partial charge in [-0.15, -0.1) is 11.3 Å². The lowest BCUT2D eigenvalue weighted by Crippen LogP contribution is -2.10. The van der Waals surface area contributed by atoms with Gasteiger partial charge >= 0.3 is 6.18 Å². The fourth-order valence-corrected chi connectivity index (χ4v) is 2.81. The van der Waals surface area contributed by atoms with E-state index in [1.165, 1.54) is 6.07 Å². The van der Waals surface area contributed by atoms with Crippen molar-refractivity contribution in [3.05, 3.63) is 57.5 Å². The number of halogens is 4. The van der Waals surface area contributed by atoms with Gasteiger partial charge in [-0.25, -0.2) is 4.39 Å². The highest BCUT2D eigenvalue weighted by molar-refractivity contribution is 7.09. The van der Waals surface area contributed by atoms with E-state index in [1.807, 2.05) is 17.5 Å². The minimum absolute atomic E-state index is 0.0925. The number of hydrogen-bond donors (Lipinski definition) is 1. The summed E-state index contributed by atoms with van der Waals surface area (Å²) >= 11 is 1.60. The zero-order valence-corrected chi connectivity index (χ0v) is 11.8. The van der Waals surface area contributed by atoms with E-state index in [-0.39, 0.29) is 5.56 Å². The lowest BCUT2D eigenvalue weighted by molar-refractivity contribution is -0.140. The average Bonchev–Trinajstić information content (AvgIpc) is 2.91. The Hall–Kier alpha value is -1.40. The van der Waals surface area contributed by atoms with E-state index in [0.29, 0.717) is 18.9 Å². The monoisotopic (exact) mass is 318 g/mol. The minimum atomic E-state index is -4.75. The number of hydrogen-bond acceptors (Lipinski definition) is 2. The average molecular weight is 318 g/mol. The molecule has 6 heteroatoms. The molecule has 0 amide bonds. The van der Waals surface area contributed by atoms with Gasteiger partial charge in [0.2, 0.25) is 0 Å². The lowest BCUT2D eigenvalue weighted by atomic mass is 10.0. The molecular formula is C15H14F4OS. The Labute approximate surface area is 123 Å². The third-order valence-corrected chi connectivity index (χ3v) is 4.10. The summed E-state index contributed by atoms with van der Waals surface area (Å²) in [4.78, 5) is 1.16. The van der Waals surface area contributed by atoms with Crippen molar-refractivity contribution >= 4 is 11.3 Å². The summed E-state index contributed by atoms with van der Waals surface area (Å²) < 4.78 is 51.0. The number of rotatable bonds is 5. The lowest BCUT2D eigenvalue weighted by Gasteiger charge is -2.14. The number of aryl methyl sites for hydroxylation is 1. The second-order valence-corrected chi connectivity index (χ2v) is 5.76. The second-order valence-electron chi connectivity index (χ2n) is 4.72. The van der Waals surface area contributed by atoms with Gasteiger partial charge in [0.1, 0.15) is 5.82 Å². The molecule has 1 aromatic carbocycles. The highest BCUT2D eigenvalue weighted by Crippen LogP contribution is 2.33. The summed E-state index contributed by atoms with van der Waals surface area (Å²) in [6, 6.07) is 6.52. The van der Waals surface area contributed by atoms with Crippen LogP contribution in [0.3, 0.4) is 0 Å². The first-order valence-electron chi connectivity index (χ1n) is 6.45. The molecule has 2 rings (SSSR count). The zero-order chi connectivity index (χ0) is 15.5. The Morgan fingerprint density at radius 3 is 2.57 bits per heavy atom. The maximum absolute atomic E-state index is 13.2. The first-order valence-corrected chi connectivity index (χ1v) is 7.33. The molecule has 0 radical (unpaired) electrons. The van der Waals surface area contributed by atoms with E-state index in [0.717, 1.165) is 17.4 Å². The highest BCUT2D eigenvalue weighted by Gasteiger charge is 2.34. The molecule has 1 unspecified atom stereocenters.